The summed E-state index contributed by atoms with van der Waals surface area (Å²) in [7, 11) is 0. The normalized spacial score (nSPS) is 11.8. The Hall–Kier alpha value is -2.51. The van der Waals surface area contributed by atoms with E-state index in [0.717, 1.165) is 43.4 Å². The van der Waals surface area contributed by atoms with E-state index in [1.54, 1.807) is 11.3 Å². The molecular weight excluding hydrogens is 699 g/mol. The van der Waals surface area contributed by atoms with Gasteiger partial charge in [0.05, 0.1) is 15.1 Å². The highest BCUT2D eigenvalue weighted by molar-refractivity contribution is 7.30. The summed E-state index contributed by atoms with van der Waals surface area (Å²) < 4.78 is 3.90. The summed E-state index contributed by atoms with van der Waals surface area (Å²) in [6.45, 7) is 10.1. The van der Waals surface area contributed by atoms with Crippen molar-refractivity contribution in [3.8, 4) is 29.3 Å². The lowest BCUT2D eigenvalue weighted by Gasteiger charge is -2.03. The molecule has 6 heteroatoms. The molecule has 5 aromatic heterocycles. The molecule has 0 bridgehead atoms. The maximum absolute atomic E-state index is 12.3. The summed E-state index contributed by atoms with van der Waals surface area (Å²) in [6, 6.07) is 18.8. The molecule has 5 heterocycles. The Bertz CT molecular complexity index is 1990. The van der Waals surface area contributed by atoms with Crippen LogP contribution in [0.4, 0.5) is 0 Å². The summed E-state index contributed by atoms with van der Waals surface area (Å²) in [4.78, 5) is 21.6. The summed E-state index contributed by atoms with van der Waals surface area (Å²) in [5, 5.41) is 1.37. The average molecular weight is 756 g/mol. The minimum atomic E-state index is 0.936. The van der Waals surface area contributed by atoms with Crippen molar-refractivity contribution in [1.82, 2.24) is 4.57 Å². The minimum absolute atomic E-state index is 0.936. The number of aromatic nitrogens is 1. The highest BCUT2D eigenvalue weighted by Gasteiger charge is 2.22. The zero-order valence-corrected chi connectivity index (χ0v) is 34.7. The van der Waals surface area contributed by atoms with Gasteiger partial charge in [-0.15, -0.1) is 45.3 Å². The van der Waals surface area contributed by atoms with Crippen LogP contribution in [0.25, 0.3) is 50.4 Å². The van der Waals surface area contributed by atoms with Crippen molar-refractivity contribution in [2.24, 2.45) is 0 Å². The third-order valence-electron chi connectivity index (χ3n) is 10.4. The largest absolute Gasteiger partial charge is 0.340 e. The Balaban J connectivity index is 1.37. The van der Waals surface area contributed by atoms with Gasteiger partial charge < -0.3 is 4.57 Å². The van der Waals surface area contributed by atoms with Gasteiger partial charge in [0, 0.05) is 46.7 Å². The van der Waals surface area contributed by atoms with Gasteiger partial charge in [0.25, 0.3) is 0 Å². The summed E-state index contributed by atoms with van der Waals surface area (Å²) in [6.07, 6.45) is 22.2. The van der Waals surface area contributed by atoms with Crippen LogP contribution < -0.4 is 0 Å². The van der Waals surface area contributed by atoms with Crippen LogP contribution in [-0.2, 0) is 25.8 Å². The first-order valence-corrected chi connectivity index (χ1v) is 23.2. The molecule has 0 radical (unpaired) electrons. The van der Waals surface area contributed by atoms with Crippen LogP contribution in [0.3, 0.4) is 0 Å². The Morgan fingerprint density at radius 1 is 0.529 bits per heavy atom. The molecule has 0 aliphatic carbocycles. The fourth-order valence-corrected chi connectivity index (χ4v) is 12.6. The molecular formula is C45H57NOS4. The molecule has 6 rings (SSSR count). The lowest BCUT2D eigenvalue weighted by Crippen LogP contribution is -1.91. The summed E-state index contributed by atoms with van der Waals surface area (Å²) in [5.41, 5.74) is 6.97. The molecule has 6 aromatic rings. The number of hydrogen-bond donors (Lipinski definition) is 0. The zero-order valence-electron chi connectivity index (χ0n) is 31.4. The number of hydrogen-bond acceptors (Lipinski definition) is 5. The van der Waals surface area contributed by atoms with Crippen molar-refractivity contribution in [2.75, 3.05) is 0 Å². The van der Waals surface area contributed by atoms with Gasteiger partial charge in [-0.1, -0.05) is 110 Å². The van der Waals surface area contributed by atoms with E-state index < -0.39 is 0 Å². The van der Waals surface area contributed by atoms with Gasteiger partial charge in [-0.25, -0.2) is 0 Å². The summed E-state index contributed by atoms with van der Waals surface area (Å²) >= 11 is 7.69. The number of fused-ring (bicyclic) bond motifs is 3. The van der Waals surface area contributed by atoms with Crippen LogP contribution in [0.2, 0.25) is 0 Å². The molecule has 0 spiro atoms. The van der Waals surface area contributed by atoms with E-state index in [-0.39, 0.29) is 0 Å². The van der Waals surface area contributed by atoms with Gasteiger partial charge in [0.15, 0.2) is 6.29 Å². The van der Waals surface area contributed by atoms with Gasteiger partial charge >= 0.3 is 0 Å². The maximum Gasteiger partial charge on any atom is 0.160 e. The lowest BCUT2D eigenvalue weighted by molar-refractivity contribution is 0.112. The molecule has 0 fully saturated rings. The molecule has 0 unspecified atom stereocenters. The van der Waals surface area contributed by atoms with E-state index >= 15 is 0 Å². The van der Waals surface area contributed by atoms with E-state index in [2.05, 4.69) is 80.8 Å². The van der Waals surface area contributed by atoms with Crippen LogP contribution >= 0.6 is 45.3 Å². The monoisotopic (exact) mass is 755 g/mol. The highest BCUT2D eigenvalue weighted by atomic mass is 32.1. The van der Waals surface area contributed by atoms with Crippen LogP contribution in [0, 0.1) is 0 Å². The van der Waals surface area contributed by atoms with Crippen LogP contribution in [0.5, 0.6) is 0 Å². The maximum atomic E-state index is 12.3. The van der Waals surface area contributed by atoms with Gasteiger partial charge in [0.2, 0.25) is 0 Å². The van der Waals surface area contributed by atoms with Crippen molar-refractivity contribution >= 4 is 72.8 Å². The van der Waals surface area contributed by atoms with Crippen molar-refractivity contribution in [1.29, 1.82) is 0 Å². The van der Waals surface area contributed by atoms with Gasteiger partial charge in [-0.2, -0.15) is 0 Å². The molecule has 0 saturated heterocycles. The first-order chi connectivity index (χ1) is 25.1. The number of nitrogens with zero attached hydrogens (tertiary/aromatic N) is 1. The minimum Gasteiger partial charge on any atom is -0.340 e. The molecule has 0 amide bonds. The Morgan fingerprint density at radius 2 is 1.04 bits per heavy atom. The number of thiophene rings is 4. The van der Waals surface area contributed by atoms with Gasteiger partial charge in [0.1, 0.15) is 0 Å². The van der Waals surface area contributed by atoms with E-state index in [4.69, 9.17) is 0 Å². The predicted molar refractivity (Wildman–Crippen MR) is 231 cm³/mol. The Kier molecular flexibility index (Phi) is 14.2. The molecule has 0 atom stereocenters. The molecule has 0 saturated carbocycles. The van der Waals surface area contributed by atoms with Gasteiger partial charge in [-0.3, -0.25) is 4.79 Å². The van der Waals surface area contributed by atoms with Crippen LogP contribution in [-0.4, -0.2) is 10.9 Å². The van der Waals surface area contributed by atoms with E-state index in [9.17, 15) is 4.79 Å². The van der Waals surface area contributed by atoms with Crippen molar-refractivity contribution < 1.29 is 4.79 Å². The number of aldehydes is 1. The molecule has 2 nitrogen and oxygen atoms in total. The number of aryl methyl sites for hydroxylation is 4. The molecule has 1 aromatic carbocycles. The van der Waals surface area contributed by atoms with Crippen LogP contribution in [0.1, 0.15) is 144 Å². The topological polar surface area (TPSA) is 22.0 Å². The van der Waals surface area contributed by atoms with E-state index in [0.29, 0.717) is 0 Å². The second-order valence-electron chi connectivity index (χ2n) is 14.3. The van der Waals surface area contributed by atoms with Crippen molar-refractivity contribution in [3.05, 3.63) is 70.1 Å². The standard InChI is InChI=1S/C45H57NOS4/c1-5-9-12-15-16-19-24-34-29-41(51-43(34)40-27-32(42(31-47)48-40)22-17-13-10-6-2)44-33(23-18-14-11-7-3)28-38(49-44)39-30-37-45(50-39)35-25-20-21-26-36(35)46(37)8-4/h20-21,25-31H,5-19,22-24H2,1-4H3. The first-order valence-electron chi connectivity index (χ1n) is 19.9. The molecule has 0 aliphatic heterocycles. The smallest absolute Gasteiger partial charge is 0.160 e. The number of carbonyl (C=O) groups excluding carboxylic acids is 1. The number of unbranched alkanes of at least 4 members (excludes halogenated alkanes) is 11. The first kappa shape index (κ1) is 38.2. The summed E-state index contributed by atoms with van der Waals surface area (Å²) in [5.74, 6) is 0. The van der Waals surface area contributed by atoms with Crippen molar-refractivity contribution in [2.45, 2.75) is 143 Å². The Morgan fingerprint density at radius 3 is 1.69 bits per heavy atom. The van der Waals surface area contributed by atoms with Crippen molar-refractivity contribution in [3.63, 3.8) is 0 Å². The van der Waals surface area contributed by atoms with E-state index in [1.165, 1.54) is 151 Å². The second kappa shape index (κ2) is 19.0. The number of benzene rings is 1. The second-order valence-corrected chi connectivity index (χ2v) is 18.5. The van der Waals surface area contributed by atoms with Gasteiger partial charge in [-0.05, 0) is 92.5 Å². The number of para-hydroxylation sites is 1. The predicted octanol–water partition coefficient (Wildman–Crippen LogP) is 16.0. The quantitative estimate of drug-likeness (QED) is 0.0499. The van der Waals surface area contributed by atoms with E-state index in [1.807, 2.05) is 34.0 Å². The number of carbonyl (C=O) groups is 1. The lowest BCUT2D eigenvalue weighted by atomic mass is 10.0. The highest BCUT2D eigenvalue weighted by Crippen LogP contribution is 2.49. The molecule has 51 heavy (non-hydrogen) atoms. The molecule has 0 aliphatic rings. The molecule has 272 valence electrons. The Labute approximate surface area is 323 Å². The fraction of sp³-hybridized carbons (Fsp3) is 0.489. The SMILES string of the molecule is CCCCCCCCc1cc(-c2sc(-c3cc4c(s3)c3ccccc3n4CC)cc2CCCCCC)sc1-c1cc(CCCCCC)c(C=O)s1. The van der Waals surface area contributed by atoms with Crippen LogP contribution in [0.15, 0.2) is 48.5 Å². The average Bonchev–Trinajstić information content (AvgIpc) is 3.97. The third-order valence-corrected chi connectivity index (χ3v) is 15.6. The fourth-order valence-electron chi connectivity index (χ4n) is 7.58. The third kappa shape index (κ3) is 9.00. The zero-order chi connectivity index (χ0) is 35.6. The number of rotatable bonds is 22. The molecule has 0 N–H and O–H groups in total.